The Morgan fingerprint density at radius 2 is 2.54 bits per heavy atom. The van der Waals surface area contributed by atoms with Crippen LogP contribution in [0.3, 0.4) is 0 Å². The third kappa shape index (κ3) is 1.65. The van der Waals surface area contributed by atoms with Gasteiger partial charge in [0.05, 0.1) is 5.69 Å². The lowest BCUT2D eigenvalue weighted by Gasteiger charge is -1.86. The fourth-order valence-electron chi connectivity index (χ4n) is 0.977. The number of aldehydes is 1. The molecule has 0 saturated heterocycles. The normalized spacial score (nSPS) is 10.2. The number of aromatic nitrogens is 3. The highest BCUT2D eigenvalue weighted by molar-refractivity contribution is 7.13. The maximum absolute atomic E-state index is 10.2. The van der Waals surface area contributed by atoms with Gasteiger partial charge in [0.15, 0.2) is 10.8 Å². The number of aromatic amines is 1. The molecule has 13 heavy (non-hydrogen) atoms. The van der Waals surface area contributed by atoms with Gasteiger partial charge in [-0.1, -0.05) is 0 Å². The molecule has 0 aliphatic rings. The Balaban J connectivity index is 2.28. The zero-order valence-electron chi connectivity index (χ0n) is 6.73. The lowest BCUT2D eigenvalue weighted by molar-refractivity contribution is -0.107. The quantitative estimate of drug-likeness (QED) is 0.747. The zero-order chi connectivity index (χ0) is 9.10. The second-order valence-electron chi connectivity index (χ2n) is 2.45. The molecule has 0 aliphatic heterocycles. The molecule has 2 aromatic heterocycles. The molecular formula is C8H7N3OS. The molecule has 0 aliphatic carbocycles. The van der Waals surface area contributed by atoms with E-state index in [0.717, 1.165) is 22.8 Å². The van der Waals surface area contributed by atoms with E-state index in [1.807, 2.05) is 5.38 Å². The first-order valence-electron chi connectivity index (χ1n) is 3.78. The third-order valence-corrected chi connectivity index (χ3v) is 2.44. The molecule has 66 valence electrons. The van der Waals surface area contributed by atoms with Gasteiger partial charge >= 0.3 is 0 Å². The van der Waals surface area contributed by atoms with Crippen molar-refractivity contribution in [3.8, 4) is 10.8 Å². The van der Waals surface area contributed by atoms with Crippen LogP contribution in [0.2, 0.25) is 0 Å². The van der Waals surface area contributed by atoms with Crippen molar-refractivity contribution in [3.63, 3.8) is 0 Å². The van der Waals surface area contributed by atoms with Crippen molar-refractivity contribution < 1.29 is 4.79 Å². The van der Waals surface area contributed by atoms with E-state index in [1.54, 1.807) is 12.4 Å². The molecule has 2 aromatic rings. The molecule has 0 fully saturated rings. The van der Waals surface area contributed by atoms with Gasteiger partial charge in [-0.2, -0.15) is 0 Å². The summed E-state index contributed by atoms with van der Waals surface area (Å²) < 4.78 is 0. The van der Waals surface area contributed by atoms with Crippen LogP contribution in [0.15, 0.2) is 17.8 Å². The molecule has 5 heteroatoms. The summed E-state index contributed by atoms with van der Waals surface area (Å²) >= 11 is 1.48. The molecule has 2 heterocycles. The predicted octanol–water partition coefficient (Wildman–Crippen LogP) is 1.27. The van der Waals surface area contributed by atoms with Crippen LogP contribution in [-0.2, 0) is 11.2 Å². The SMILES string of the molecule is O=CCc1csc(-c2ncc[nH]2)n1. The fourth-order valence-corrected chi connectivity index (χ4v) is 1.77. The number of rotatable bonds is 3. The molecule has 0 unspecified atom stereocenters. The van der Waals surface area contributed by atoms with Crippen LogP contribution in [0.5, 0.6) is 0 Å². The topological polar surface area (TPSA) is 58.6 Å². The van der Waals surface area contributed by atoms with Gasteiger partial charge in [-0.25, -0.2) is 9.97 Å². The van der Waals surface area contributed by atoms with E-state index >= 15 is 0 Å². The van der Waals surface area contributed by atoms with Crippen molar-refractivity contribution in [1.29, 1.82) is 0 Å². The number of hydrogen-bond acceptors (Lipinski definition) is 4. The Morgan fingerprint density at radius 1 is 1.62 bits per heavy atom. The van der Waals surface area contributed by atoms with Gasteiger partial charge in [0, 0.05) is 24.2 Å². The van der Waals surface area contributed by atoms with Crippen LogP contribution < -0.4 is 0 Å². The van der Waals surface area contributed by atoms with Crippen LogP contribution >= 0.6 is 11.3 Å². The standard InChI is InChI=1S/C8H7N3OS/c12-4-1-6-5-13-8(11-6)7-9-2-3-10-7/h2-5H,1H2,(H,9,10). The number of H-pyrrole nitrogens is 1. The Hall–Kier alpha value is -1.49. The summed E-state index contributed by atoms with van der Waals surface area (Å²) in [7, 11) is 0. The van der Waals surface area contributed by atoms with Crippen LogP contribution in [0.25, 0.3) is 10.8 Å². The second-order valence-corrected chi connectivity index (χ2v) is 3.31. The highest BCUT2D eigenvalue weighted by atomic mass is 32.1. The van der Waals surface area contributed by atoms with E-state index in [0.29, 0.717) is 6.42 Å². The summed E-state index contributed by atoms with van der Waals surface area (Å²) in [5, 5.41) is 2.69. The first-order chi connectivity index (χ1) is 6.40. The Labute approximate surface area is 78.7 Å². The van der Waals surface area contributed by atoms with Crippen molar-refractivity contribution in [3.05, 3.63) is 23.5 Å². The Morgan fingerprint density at radius 3 is 3.23 bits per heavy atom. The summed E-state index contributed by atoms with van der Waals surface area (Å²) in [5.74, 6) is 0.752. The largest absolute Gasteiger partial charge is 0.343 e. The molecule has 4 nitrogen and oxygen atoms in total. The minimum Gasteiger partial charge on any atom is -0.343 e. The average Bonchev–Trinajstić information content (AvgIpc) is 2.70. The molecule has 1 N–H and O–H groups in total. The lowest BCUT2D eigenvalue weighted by Crippen LogP contribution is -1.86. The number of carbonyl (C=O) groups excluding carboxylic acids is 1. The highest BCUT2D eigenvalue weighted by Gasteiger charge is 2.05. The van der Waals surface area contributed by atoms with E-state index < -0.39 is 0 Å². The van der Waals surface area contributed by atoms with Crippen LogP contribution in [0.4, 0.5) is 0 Å². The van der Waals surface area contributed by atoms with Crippen LogP contribution in [-0.4, -0.2) is 21.2 Å². The van der Waals surface area contributed by atoms with Crippen molar-refractivity contribution in [1.82, 2.24) is 15.0 Å². The van der Waals surface area contributed by atoms with E-state index in [4.69, 9.17) is 0 Å². The average molecular weight is 193 g/mol. The van der Waals surface area contributed by atoms with Gasteiger partial charge in [0.25, 0.3) is 0 Å². The molecule has 0 bridgehead atoms. The molecule has 0 saturated carbocycles. The summed E-state index contributed by atoms with van der Waals surface area (Å²) in [5.41, 5.74) is 0.798. The van der Waals surface area contributed by atoms with Gasteiger partial charge in [-0.05, 0) is 0 Å². The van der Waals surface area contributed by atoms with Gasteiger partial charge < -0.3 is 9.78 Å². The summed E-state index contributed by atoms with van der Waals surface area (Å²) in [6.45, 7) is 0. The van der Waals surface area contributed by atoms with E-state index in [1.165, 1.54) is 11.3 Å². The van der Waals surface area contributed by atoms with Crippen molar-refractivity contribution in [2.24, 2.45) is 0 Å². The number of nitrogens with one attached hydrogen (secondary N) is 1. The second kappa shape index (κ2) is 3.49. The van der Waals surface area contributed by atoms with Crippen LogP contribution in [0.1, 0.15) is 5.69 Å². The first-order valence-corrected chi connectivity index (χ1v) is 4.66. The Bertz CT molecular complexity index is 393. The van der Waals surface area contributed by atoms with Gasteiger partial charge in [-0.15, -0.1) is 11.3 Å². The third-order valence-electron chi connectivity index (χ3n) is 1.55. The maximum atomic E-state index is 10.2. The monoisotopic (exact) mass is 193 g/mol. The minimum absolute atomic E-state index is 0.372. The van der Waals surface area contributed by atoms with Gasteiger partial charge in [-0.3, -0.25) is 0 Å². The summed E-state index contributed by atoms with van der Waals surface area (Å²) in [6, 6.07) is 0. The molecule has 0 aromatic carbocycles. The van der Waals surface area contributed by atoms with E-state index in [9.17, 15) is 4.79 Å². The zero-order valence-corrected chi connectivity index (χ0v) is 7.54. The van der Waals surface area contributed by atoms with Crippen molar-refractivity contribution >= 4 is 17.6 Å². The summed E-state index contributed by atoms with van der Waals surface area (Å²) in [4.78, 5) is 21.5. The fraction of sp³-hybridized carbons (Fsp3) is 0.125. The van der Waals surface area contributed by atoms with Gasteiger partial charge in [0.2, 0.25) is 0 Å². The smallest absolute Gasteiger partial charge is 0.166 e. The number of thiazole rings is 1. The lowest BCUT2D eigenvalue weighted by atomic mass is 10.4. The number of imidazole rings is 1. The maximum Gasteiger partial charge on any atom is 0.166 e. The summed E-state index contributed by atoms with van der Waals surface area (Å²) in [6.07, 6.45) is 4.64. The van der Waals surface area contributed by atoms with E-state index in [2.05, 4.69) is 15.0 Å². The number of nitrogens with zero attached hydrogens (tertiary/aromatic N) is 2. The highest BCUT2D eigenvalue weighted by Crippen LogP contribution is 2.19. The van der Waals surface area contributed by atoms with E-state index in [-0.39, 0.29) is 0 Å². The predicted molar refractivity (Wildman–Crippen MR) is 49.5 cm³/mol. The van der Waals surface area contributed by atoms with Crippen molar-refractivity contribution in [2.75, 3.05) is 0 Å². The number of hydrogen-bond donors (Lipinski definition) is 1. The molecule has 2 rings (SSSR count). The molecule has 0 atom stereocenters. The van der Waals surface area contributed by atoms with Crippen LogP contribution in [0, 0.1) is 0 Å². The number of carbonyl (C=O) groups is 1. The van der Waals surface area contributed by atoms with Crippen molar-refractivity contribution in [2.45, 2.75) is 6.42 Å². The molecule has 0 spiro atoms. The minimum atomic E-state index is 0.372. The Kier molecular flexibility index (Phi) is 2.18. The first kappa shape index (κ1) is 8.12. The van der Waals surface area contributed by atoms with Gasteiger partial charge in [0.1, 0.15) is 6.29 Å². The molecule has 0 radical (unpaired) electrons. The molecule has 0 amide bonds. The molecular weight excluding hydrogens is 186 g/mol.